The van der Waals surface area contributed by atoms with Crippen LogP contribution < -0.4 is 14.2 Å². The molecule has 4 heteroatoms. The zero-order valence-electron chi connectivity index (χ0n) is 10.8. The molecule has 0 amide bonds. The van der Waals surface area contributed by atoms with Crippen LogP contribution in [0.25, 0.3) is 0 Å². The molecule has 0 radical (unpaired) electrons. The third kappa shape index (κ3) is 4.40. The Morgan fingerprint density at radius 3 is 1.75 bits per heavy atom. The lowest BCUT2D eigenvalue weighted by atomic mass is 10.2. The minimum absolute atomic E-state index is 0.379. The van der Waals surface area contributed by atoms with E-state index in [4.69, 9.17) is 14.2 Å². The maximum atomic E-state index is 5.41. The third-order valence-corrected chi connectivity index (χ3v) is 2.68. The van der Waals surface area contributed by atoms with Gasteiger partial charge in [-0.1, -0.05) is 52.9 Å². The maximum absolute atomic E-state index is 5.41. The van der Waals surface area contributed by atoms with Gasteiger partial charge in [0.1, 0.15) is 18.8 Å². The van der Waals surface area contributed by atoms with Crippen LogP contribution in [0, 0.1) is 0 Å². The maximum Gasteiger partial charge on any atom is 0.212 e. The molecule has 20 heavy (non-hydrogen) atoms. The lowest BCUT2D eigenvalue weighted by Gasteiger charge is -2.12. The number of alkyl halides is 1. The van der Waals surface area contributed by atoms with Gasteiger partial charge in [0.25, 0.3) is 0 Å². The molecule has 0 fully saturated rings. The van der Waals surface area contributed by atoms with Crippen molar-refractivity contribution >= 4 is 15.9 Å². The van der Waals surface area contributed by atoms with Crippen molar-refractivity contribution in [1.29, 1.82) is 0 Å². The van der Waals surface area contributed by atoms with Crippen LogP contribution in [0.15, 0.2) is 67.8 Å². The van der Waals surface area contributed by atoms with Crippen LogP contribution in [-0.4, -0.2) is 0 Å². The lowest BCUT2D eigenvalue weighted by Crippen LogP contribution is -1.95. The summed E-state index contributed by atoms with van der Waals surface area (Å²) in [6.07, 6.45) is 3.95. The van der Waals surface area contributed by atoms with Crippen LogP contribution in [0.3, 0.4) is 0 Å². The van der Waals surface area contributed by atoms with E-state index in [1.807, 2.05) is 0 Å². The van der Waals surface area contributed by atoms with Crippen LogP contribution in [-0.2, 0) is 5.33 Å². The molecule has 0 bridgehead atoms. The molecule has 0 aliphatic heterocycles. The smallest absolute Gasteiger partial charge is 0.212 e. The highest BCUT2D eigenvalue weighted by atomic mass is 79.9. The second-order valence-electron chi connectivity index (χ2n) is 3.37. The minimum Gasteiger partial charge on any atom is -0.453 e. The van der Waals surface area contributed by atoms with Crippen molar-refractivity contribution in [1.82, 2.24) is 0 Å². The van der Waals surface area contributed by atoms with E-state index in [1.54, 1.807) is 12.1 Å². The zero-order valence-corrected chi connectivity index (χ0v) is 12.4. The fourth-order valence-electron chi connectivity index (χ4n) is 1.31. The van der Waals surface area contributed by atoms with Crippen LogP contribution in [0.5, 0.6) is 17.2 Å². The summed E-state index contributed by atoms with van der Waals surface area (Å²) in [4.78, 5) is 0. The van der Waals surface area contributed by atoms with E-state index in [0.29, 0.717) is 22.6 Å². The molecule has 0 saturated heterocycles. The topological polar surface area (TPSA) is 27.7 Å². The fraction of sp³-hybridized carbons (Fsp3) is 0.0625. The highest BCUT2D eigenvalue weighted by molar-refractivity contribution is 9.08. The predicted molar refractivity (Wildman–Crippen MR) is 82.1 cm³/mol. The molecule has 1 aromatic carbocycles. The number of hydrogen-bond acceptors (Lipinski definition) is 3. The van der Waals surface area contributed by atoms with Crippen molar-refractivity contribution in [3.8, 4) is 17.2 Å². The van der Waals surface area contributed by atoms with Crippen molar-refractivity contribution in [2.24, 2.45) is 0 Å². The average Bonchev–Trinajstić information content (AvgIpc) is 2.48. The van der Waals surface area contributed by atoms with Gasteiger partial charge < -0.3 is 14.2 Å². The lowest BCUT2D eigenvalue weighted by molar-refractivity contribution is 0.384. The molecule has 0 spiro atoms. The first-order valence-electron chi connectivity index (χ1n) is 5.52. The quantitative estimate of drug-likeness (QED) is 0.414. The van der Waals surface area contributed by atoms with Crippen LogP contribution in [0.2, 0.25) is 0 Å². The van der Waals surface area contributed by atoms with Crippen molar-refractivity contribution in [2.75, 3.05) is 0 Å². The van der Waals surface area contributed by atoms with Crippen molar-refractivity contribution in [3.63, 3.8) is 0 Å². The highest BCUT2D eigenvalue weighted by Crippen LogP contribution is 2.40. The van der Waals surface area contributed by atoms with Gasteiger partial charge in [-0.05, 0) is 17.7 Å². The standard InChI is InChI=1S/C16H13BrO3/c1-4-7-18-14-10-13(12-17)11-15(19-8-5-2)16(14)20-9-6-3/h7-11H,1-3,12H2. The summed E-state index contributed by atoms with van der Waals surface area (Å²) in [7, 11) is 0. The van der Waals surface area contributed by atoms with Gasteiger partial charge in [-0.2, -0.15) is 0 Å². The molecule has 0 aromatic heterocycles. The van der Waals surface area contributed by atoms with Crippen LogP contribution >= 0.6 is 15.9 Å². The first-order chi connectivity index (χ1) is 9.76. The van der Waals surface area contributed by atoms with Gasteiger partial charge in [-0.15, -0.1) is 0 Å². The third-order valence-electron chi connectivity index (χ3n) is 2.03. The molecule has 1 aromatic rings. The van der Waals surface area contributed by atoms with E-state index < -0.39 is 0 Å². The minimum atomic E-state index is 0.379. The van der Waals surface area contributed by atoms with E-state index in [2.05, 4.69) is 52.9 Å². The summed E-state index contributed by atoms with van der Waals surface area (Å²) in [5, 5.41) is 0.632. The molecule has 102 valence electrons. The van der Waals surface area contributed by atoms with Gasteiger partial charge in [0.2, 0.25) is 5.75 Å². The molecule has 0 heterocycles. The molecule has 0 saturated carbocycles. The van der Waals surface area contributed by atoms with Gasteiger partial charge in [0, 0.05) is 5.33 Å². The van der Waals surface area contributed by atoms with Crippen molar-refractivity contribution in [2.45, 2.75) is 5.33 Å². The zero-order chi connectivity index (χ0) is 14.8. The summed E-state index contributed by atoms with van der Waals surface area (Å²) in [6.45, 7) is 10.3. The summed E-state index contributed by atoms with van der Waals surface area (Å²) in [5.41, 5.74) is 8.51. The molecule has 0 aliphatic rings. The second-order valence-corrected chi connectivity index (χ2v) is 3.94. The summed E-state index contributed by atoms with van der Waals surface area (Å²) in [5.74, 6) is 1.29. The van der Waals surface area contributed by atoms with Crippen LogP contribution in [0.4, 0.5) is 0 Å². The van der Waals surface area contributed by atoms with E-state index in [9.17, 15) is 0 Å². The molecular formula is C16H13BrO3. The monoisotopic (exact) mass is 332 g/mol. The van der Waals surface area contributed by atoms with E-state index in [1.165, 1.54) is 18.8 Å². The molecule has 3 nitrogen and oxygen atoms in total. The number of hydrogen-bond donors (Lipinski definition) is 0. The molecule has 1 rings (SSSR count). The molecule has 0 atom stereocenters. The Hall–Kier alpha value is -2.34. The van der Waals surface area contributed by atoms with E-state index >= 15 is 0 Å². The number of ether oxygens (including phenoxy) is 3. The largest absolute Gasteiger partial charge is 0.453 e. The Bertz CT molecular complexity index is 574. The van der Waals surface area contributed by atoms with E-state index in [-0.39, 0.29) is 0 Å². The van der Waals surface area contributed by atoms with Crippen LogP contribution in [0.1, 0.15) is 5.56 Å². The van der Waals surface area contributed by atoms with Gasteiger partial charge in [-0.3, -0.25) is 0 Å². The predicted octanol–water partition coefficient (Wildman–Crippen LogP) is 4.61. The number of rotatable bonds is 7. The Morgan fingerprint density at radius 1 is 0.900 bits per heavy atom. The summed E-state index contributed by atoms with van der Waals surface area (Å²) >= 11 is 3.38. The summed E-state index contributed by atoms with van der Waals surface area (Å²) in [6, 6.07) is 3.61. The van der Waals surface area contributed by atoms with Gasteiger partial charge in [0.05, 0.1) is 0 Å². The molecule has 0 aliphatic carbocycles. The van der Waals surface area contributed by atoms with Gasteiger partial charge in [0.15, 0.2) is 11.5 Å². The van der Waals surface area contributed by atoms with Gasteiger partial charge >= 0.3 is 0 Å². The normalized spacial score (nSPS) is 8.45. The molecule has 0 unspecified atom stereocenters. The van der Waals surface area contributed by atoms with E-state index in [0.717, 1.165) is 5.56 Å². The van der Waals surface area contributed by atoms with Crippen molar-refractivity contribution < 1.29 is 14.2 Å². The number of halogens is 1. The molecule has 0 N–H and O–H groups in total. The Morgan fingerprint density at radius 2 is 1.35 bits per heavy atom. The fourth-order valence-corrected chi connectivity index (χ4v) is 1.63. The summed E-state index contributed by atoms with van der Waals surface area (Å²) < 4.78 is 16.2. The second kappa shape index (κ2) is 8.71. The Balaban J connectivity index is 3.37. The molecular weight excluding hydrogens is 320 g/mol. The SMILES string of the molecule is C=C=COc1cc(CBr)cc(OC=C=C)c1OC=C=C. The Labute approximate surface area is 126 Å². The first kappa shape index (κ1) is 15.7. The average molecular weight is 333 g/mol. The Kier molecular flexibility index (Phi) is 6.84. The number of benzene rings is 1. The van der Waals surface area contributed by atoms with Crippen molar-refractivity contribution in [3.05, 3.63) is 73.4 Å². The first-order valence-corrected chi connectivity index (χ1v) is 6.64. The highest BCUT2D eigenvalue weighted by Gasteiger charge is 2.14. The van der Waals surface area contributed by atoms with Gasteiger partial charge in [-0.25, -0.2) is 0 Å².